The molecule has 2 amide bonds. The second kappa shape index (κ2) is 10.1. The minimum Gasteiger partial charge on any atom is -0.381 e. The topological polar surface area (TPSA) is 58.6 Å². The summed E-state index contributed by atoms with van der Waals surface area (Å²) < 4.78 is 59.2. The van der Waals surface area contributed by atoms with Gasteiger partial charge < -0.3 is 15.0 Å². The number of alkyl halides is 3. The van der Waals surface area contributed by atoms with Crippen LogP contribution in [0.25, 0.3) is 0 Å². The van der Waals surface area contributed by atoms with E-state index < -0.39 is 35.5 Å². The molecule has 2 aromatic rings. The molecule has 2 fully saturated rings. The number of hydrogen-bond acceptors (Lipinski definition) is 3. The SMILES string of the molecule is C[C@@H]1C[C@H](C(=O)N[C@@H](c2ccc(C(F)(F)F)cc2F)C2COC2)N(C(=O)c2cccc(C(C)(C)C)c2)C1. The first kappa shape index (κ1) is 27.1. The summed E-state index contributed by atoms with van der Waals surface area (Å²) >= 11 is 0. The Bertz CT molecular complexity index is 1170. The van der Waals surface area contributed by atoms with E-state index in [0.717, 1.165) is 17.7 Å². The van der Waals surface area contributed by atoms with Gasteiger partial charge >= 0.3 is 6.18 Å². The van der Waals surface area contributed by atoms with Crippen LogP contribution in [0.3, 0.4) is 0 Å². The lowest BCUT2D eigenvalue weighted by atomic mass is 9.86. The van der Waals surface area contributed by atoms with Crippen molar-refractivity contribution in [2.75, 3.05) is 19.8 Å². The van der Waals surface area contributed by atoms with Crippen molar-refractivity contribution in [3.63, 3.8) is 0 Å². The van der Waals surface area contributed by atoms with Crippen LogP contribution >= 0.6 is 0 Å². The number of nitrogens with zero attached hydrogens (tertiary/aromatic N) is 1. The number of ether oxygens (including phenoxy) is 1. The van der Waals surface area contributed by atoms with Crippen molar-refractivity contribution in [1.82, 2.24) is 10.2 Å². The van der Waals surface area contributed by atoms with Gasteiger partial charge in [0.05, 0.1) is 24.8 Å². The Balaban J connectivity index is 1.58. The monoisotopic (exact) mass is 520 g/mol. The lowest BCUT2D eigenvalue weighted by Gasteiger charge is -2.36. The van der Waals surface area contributed by atoms with Crippen molar-refractivity contribution in [2.45, 2.75) is 57.8 Å². The van der Waals surface area contributed by atoms with E-state index in [0.29, 0.717) is 24.6 Å². The van der Waals surface area contributed by atoms with E-state index in [-0.39, 0.29) is 41.9 Å². The maximum absolute atomic E-state index is 14.8. The van der Waals surface area contributed by atoms with Gasteiger partial charge in [0.1, 0.15) is 11.9 Å². The van der Waals surface area contributed by atoms with Crippen LogP contribution in [0.5, 0.6) is 0 Å². The van der Waals surface area contributed by atoms with E-state index in [2.05, 4.69) is 26.1 Å². The van der Waals surface area contributed by atoms with Crippen molar-refractivity contribution in [1.29, 1.82) is 0 Å². The Labute approximate surface area is 214 Å². The largest absolute Gasteiger partial charge is 0.416 e. The summed E-state index contributed by atoms with van der Waals surface area (Å²) in [5, 5.41) is 2.83. The zero-order valence-electron chi connectivity index (χ0n) is 21.4. The van der Waals surface area contributed by atoms with Gasteiger partial charge in [0.15, 0.2) is 0 Å². The Kier molecular flexibility index (Phi) is 7.38. The first-order valence-corrected chi connectivity index (χ1v) is 12.4. The summed E-state index contributed by atoms with van der Waals surface area (Å²) in [6, 6.07) is 8.02. The van der Waals surface area contributed by atoms with Crippen molar-refractivity contribution in [2.24, 2.45) is 11.8 Å². The van der Waals surface area contributed by atoms with Crippen LogP contribution in [0, 0.1) is 17.7 Å². The van der Waals surface area contributed by atoms with Crippen LogP contribution in [0.15, 0.2) is 42.5 Å². The second-order valence-electron chi connectivity index (χ2n) is 11.2. The normalized spacial score (nSPS) is 21.5. The fraction of sp³-hybridized carbons (Fsp3) is 0.500. The van der Waals surface area contributed by atoms with E-state index in [1.54, 1.807) is 11.0 Å². The van der Waals surface area contributed by atoms with Crippen molar-refractivity contribution < 1.29 is 31.9 Å². The number of carbonyl (C=O) groups is 2. The summed E-state index contributed by atoms with van der Waals surface area (Å²) in [4.78, 5) is 28.5. The van der Waals surface area contributed by atoms with Crippen LogP contribution < -0.4 is 5.32 Å². The second-order valence-corrected chi connectivity index (χ2v) is 11.2. The number of carbonyl (C=O) groups excluding carboxylic acids is 2. The molecule has 2 aliphatic rings. The molecule has 2 saturated heterocycles. The smallest absolute Gasteiger partial charge is 0.381 e. The predicted octanol–water partition coefficient (Wildman–Crippen LogP) is 5.50. The van der Waals surface area contributed by atoms with Gasteiger partial charge in [-0.3, -0.25) is 9.59 Å². The molecule has 0 aliphatic carbocycles. The number of amides is 2. The Morgan fingerprint density at radius 3 is 2.32 bits per heavy atom. The van der Waals surface area contributed by atoms with Crippen LogP contribution in [-0.2, 0) is 21.1 Å². The zero-order chi connectivity index (χ0) is 27.1. The van der Waals surface area contributed by atoms with Crippen LogP contribution in [-0.4, -0.2) is 42.5 Å². The highest BCUT2D eigenvalue weighted by molar-refractivity contribution is 5.98. The predicted molar refractivity (Wildman–Crippen MR) is 130 cm³/mol. The number of rotatable bonds is 5. The van der Waals surface area contributed by atoms with E-state index in [1.807, 2.05) is 25.1 Å². The molecule has 0 unspecified atom stereocenters. The third-order valence-corrected chi connectivity index (χ3v) is 7.15. The minimum absolute atomic E-state index is 0.0311. The summed E-state index contributed by atoms with van der Waals surface area (Å²) in [5.41, 5.74) is 0.195. The molecule has 2 aromatic carbocycles. The van der Waals surface area contributed by atoms with Crippen molar-refractivity contribution in [3.05, 3.63) is 70.5 Å². The van der Waals surface area contributed by atoms with Crippen LogP contribution in [0.2, 0.25) is 0 Å². The first-order valence-electron chi connectivity index (χ1n) is 12.4. The van der Waals surface area contributed by atoms with Gasteiger partial charge in [-0.1, -0.05) is 45.9 Å². The fourth-order valence-corrected chi connectivity index (χ4v) is 4.90. The maximum atomic E-state index is 14.8. The van der Waals surface area contributed by atoms with E-state index in [9.17, 15) is 27.2 Å². The van der Waals surface area contributed by atoms with Gasteiger partial charge in [0, 0.05) is 23.6 Å². The van der Waals surface area contributed by atoms with Gasteiger partial charge in [-0.15, -0.1) is 0 Å². The van der Waals surface area contributed by atoms with Gasteiger partial charge in [-0.2, -0.15) is 13.2 Å². The maximum Gasteiger partial charge on any atom is 0.416 e. The fourth-order valence-electron chi connectivity index (χ4n) is 4.90. The van der Waals surface area contributed by atoms with Crippen LogP contribution in [0.4, 0.5) is 17.6 Å². The van der Waals surface area contributed by atoms with Crippen molar-refractivity contribution >= 4 is 11.8 Å². The molecule has 0 bridgehead atoms. The molecule has 200 valence electrons. The molecule has 0 aromatic heterocycles. The molecular weight excluding hydrogens is 488 g/mol. The zero-order valence-corrected chi connectivity index (χ0v) is 21.4. The van der Waals surface area contributed by atoms with Gasteiger partial charge in [-0.05, 0) is 47.6 Å². The molecule has 3 atom stereocenters. The highest BCUT2D eigenvalue weighted by Crippen LogP contribution is 2.35. The molecular formula is C28H32F4N2O3. The van der Waals surface area contributed by atoms with E-state index in [1.165, 1.54) is 0 Å². The number of likely N-dealkylation sites (tertiary alicyclic amines) is 1. The third-order valence-electron chi connectivity index (χ3n) is 7.15. The Morgan fingerprint density at radius 2 is 1.76 bits per heavy atom. The number of hydrogen-bond donors (Lipinski definition) is 1. The average Bonchev–Trinajstić information content (AvgIpc) is 3.17. The van der Waals surface area contributed by atoms with Crippen molar-refractivity contribution in [3.8, 4) is 0 Å². The molecule has 0 spiro atoms. The van der Waals surface area contributed by atoms with Gasteiger partial charge in [-0.25, -0.2) is 4.39 Å². The Morgan fingerprint density at radius 1 is 1.05 bits per heavy atom. The highest BCUT2D eigenvalue weighted by atomic mass is 19.4. The molecule has 5 nitrogen and oxygen atoms in total. The summed E-state index contributed by atoms with van der Waals surface area (Å²) in [6.45, 7) is 8.98. The lowest BCUT2D eigenvalue weighted by Crippen LogP contribution is -2.50. The average molecular weight is 521 g/mol. The first-order chi connectivity index (χ1) is 17.3. The highest BCUT2D eigenvalue weighted by Gasteiger charge is 2.41. The molecule has 4 rings (SSSR count). The standard InChI is InChI=1S/C28H32F4N2O3/c1-16-10-23(34(13-16)26(36)17-6-5-7-19(11-17)27(2,3)4)25(35)33-24(18-14-37-15-18)21-9-8-20(12-22(21)29)28(30,31)32/h5-9,11-12,16,18,23-24H,10,13-15H2,1-4H3,(H,33,35)/t16-,23-,24-/m1/s1. The molecule has 0 saturated carbocycles. The quantitative estimate of drug-likeness (QED) is 0.530. The Hall–Kier alpha value is -2.94. The molecule has 2 heterocycles. The van der Waals surface area contributed by atoms with E-state index in [4.69, 9.17) is 4.74 Å². The number of benzene rings is 2. The van der Waals surface area contributed by atoms with Gasteiger partial charge in [0.25, 0.3) is 5.91 Å². The molecule has 37 heavy (non-hydrogen) atoms. The molecule has 2 aliphatic heterocycles. The minimum atomic E-state index is -4.68. The molecule has 1 N–H and O–H groups in total. The van der Waals surface area contributed by atoms with Crippen LogP contribution in [0.1, 0.15) is 67.2 Å². The number of nitrogens with one attached hydrogen (secondary N) is 1. The molecule has 0 radical (unpaired) electrons. The summed E-state index contributed by atoms with van der Waals surface area (Å²) in [5.74, 6) is -1.99. The van der Waals surface area contributed by atoms with E-state index >= 15 is 0 Å². The third kappa shape index (κ3) is 5.81. The lowest BCUT2D eigenvalue weighted by molar-refractivity contribution is -0.138. The summed E-state index contributed by atoms with van der Waals surface area (Å²) in [7, 11) is 0. The number of halogens is 4. The van der Waals surface area contributed by atoms with Gasteiger partial charge in [0.2, 0.25) is 5.91 Å². The summed E-state index contributed by atoms with van der Waals surface area (Å²) in [6.07, 6.45) is -4.25. The molecule has 9 heteroatoms.